The summed E-state index contributed by atoms with van der Waals surface area (Å²) in [5, 5.41) is 0. The maximum Gasteiger partial charge on any atom is 0.238 e. The highest BCUT2D eigenvalue weighted by molar-refractivity contribution is 6.23. The second-order valence-electron chi connectivity index (χ2n) is 15.9. The maximum atomic E-state index is 13.2. The predicted octanol–water partition coefficient (Wildman–Crippen LogP) is 8.22. The molecule has 4 aromatic rings. The van der Waals surface area contributed by atoms with Gasteiger partial charge < -0.3 is 9.47 Å². The lowest BCUT2D eigenvalue weighted by Gasteiger charge is -2.26. The Morgan fingerprint density at radius 1 is 0.434 bits per heavy atom. The fraction of sp³-hybridized carbons (Fsp3) is 0.289. The van der Waals surface area contributed by atoms with Gasteiger partial charge in [0, 0.05) is 5.41 Å². The number of amides is 4. The van der Waals surface area contributed by atoms with Gasteiger partial charge in [0.1, 0.15) is 23.0 Å². The van der Waals surface area contributed by atoms with Gasteiger partial charge in [-0.1, -0.05) is 62.4 Å². The van der Waals surface area contributed by atoms with Crippen LogP contribution < -0.4 is 19.3 Å². The number of nitrogens with zero attached hydrogens (tertiary/aromatic N) is 2. The summed E-state index contributed by atoms with van der Waals surface area (Å²) in [7, 11) is 0. The zero-order chi connectivity index (χ0) is 36.2. The number of anilines is 2. The molecule has 2 saturated heterocycles. The highest BCUT2D eigenvalue weighted by Crippen LogP contribution is 2.54. The van der Waals surface area contributed by atoms with Crippen molar-refractivity contribution in [2.24, 2.45) is 47.3 Å². The number of fused-ring (bicyclic) bond motifs is 10. The van der Waals surface area contributed by atoms with E-state index in [1.165, 1.54) is 9.80 Å². The van der Waals surface area contributed by atoms with Crippen molar-refractivity contribution in [2.45, 2.75) is 32.1 Å². The van der Waals surface area contributed by atoms with Gasteiger partial charge in [0.05, 0.1) is 35.0 Å². The van der Waals surface area contributed by atoms with Crippen LogP contribution in [0.5, 0.6) is 23.0 Å². The molecule has 2 aliphatic heterocycles. The number of hydrogen-bond donors (Lipinski definition) is 0. The maximum absolute atomic E-state index is 13.2. The monoisotopic (exact) mass is 702 g/mol. The van der Waals surface area contributed by atoms with Crippen molar-refractivity contribution in [3.63, 3.8) is 0 Å². The van der Waals surface area contributed by atoms with Crippen LogP contribution in [0.4, 0.5) is 11.4 Å². The summed E-state index contributed by atoms with van der Waals surface area (Å²) in [4.78, 5) is 55.5. The molecule has 2 heterocycles. The SMILES string of the molecule is CC(C)(c1ccc(Oc2ccc(N3C(=O)[C@H]4[C@H](C3=O)[C@H]3C=C[C@H]4C3)cc2)cc1)c1ccc(Oc2ccc(N3C(=O)[C@H]4[C@H](C3=O)[C@H]3C=C[C@H]4C3)cc2)cc1. The van der Waals surface area contributed by atoms with Crippen LogP contribution in [-0.2, 0) is 24.6 Å². The third-order valence-electron chi connectivity index (χ3n) is 12.8. The Bertz CT molecular complexity index is 2020. The molecule has 4 aliphatic carbocycles. The van der Waals surface area contributed by atoms with Crippen LogP contribution in [-0.4, -0.2) is 23.6 Å². The Morgan fingerprint density at radius 3 is 0.981 bits per heavy atom. The molecule has 4 aromatic carbocycles. The molecule has 4 bridgehead atoms. The summed E-state index contributed by atoms with van der Waals surface area (Å²) in [5.74, 6) is 2.13. The first-order valence-electron chi connectivity index (χ1n) is 18.5. The lowest BCUT2D eigenvalue weighted by molar-refractivity contribution is -0.124. The van der Waals surface area contributed by atoms with E-state index in [0.29, 0.717) is 34.4 Å². The van der Waals surface area contributed by atoms with Crippen LogP contribution in [0, 0.1) is 47.3 Å². The topological polar surface area (TPSA) is 93.2 Å². The molecule has 2 saturated carbocycles. The lowest BCUT2D eigenvalue weighted by atomic mass is 9.78. The van der Waals surface area contributed by atoms with Gasteiger partial charge in [0.15, 0.2) is 0 Å². The summed E-state index contributed by atoms with van der Waals surface area (Å²) in [6.45, 7) is 4.34. The number of ether oxygens (including phenoxy) is 2. The van der Waals surface area contributed by atoms with Crippen LogP contribution in [0.25, 0.3) is 0 Å². The first-order chi connectivity index (χ1) is 25.7. The van der Waals surface area contributed by atoms with Crippen LogP contribution in [0.15, 0.2) is 121 Å². The molecule has 8 heteroatoms. The van der Waals surface area contributed by atoms with Crippen molar-refractivity contribution in [1.82, 2.24) is 0 Å². The highest BCUT2D eigenvalue weighted by atomic mass is 16.5. The average molecular weight is 703 g/mol. The van der Waals surface area contributed by atoms with Crippen molar-refractivity contribution in [3.8, 4) is 23.0 Å². The van der Waals surface area contributed by atoms with Gasteiger partial charge in [-0.15, -0.1) is 0 Å². The van der Waals surface area contributed by atoms with Gasteiger partial charge in [-0.05, 0) is 120 Å². The number of benzene rings is 4. The minimum Gasteiger partial charge on any atom is -0.457 e. The molecule has 0 aromatic heterocycles. The van der Waals surface area contributed by atoms with Gasteiger partial charge >= 0.3 is 0 Å². The molecule has 4 fully saturated rings. The molecule has 4 amide bonds. The molecule has 0 N–H and O–H groups in total. The Morgan fingerprint density at radius 2 is 0.698 bits per heavy atom. The average Bonchev–Trinajstić information content (AvgIpc) is 4.03. The molecule has 53 heavy (non-hydrogen) atoms. The van der Waals surface area contributed by atoms with E-state index in [2.05, 4.69) is 62.4 Å². The summed E-state index contributed by atoms with van der Waals surface area (Å²) in [6.07, 6.45) is 10.2. The molecular formula is C45H38N2O6. The lowest BCUT2D eigenvalue weighted by Crippen LogP contribution is -2.32. The van der Waals surface area contributed by atoms with E-state index in [0.717, 1.165) is 24.0 Å². The smallest absolute Gasteiger partial charge is 0.238 e. The Labute approximate surface area is 307 Å². The van der Waals surface area contributed by atoms with Crippen molar-refractivity contribution in [1.29, 1.82) is 0 Å². The van der Waals surface area contributed by atoms with E-state index in [-0.39, 0.29) is 76.4 Å². The van der Waals surface area contributed by atoms with E-state index >= 15 is 0 Å². The number of rotatable bonds is 8. The molecule has 10 rings (SSSR count). The van der Waals surface area contributed by atoms with Gasteiger partial charge in [0.25, 0.3) is 0 Å². The molecule has 0 spiro atoms. The first kappa shape index (κ1) is 31.9. The molecular weight excluding hydrogens is 665 g/mol. The van der Waals surface area contributed by atoms with E-state index in [1.54, 1.807) is 48.5 Å². The first-order valence-corrected chi connectivity index (χ1v) is 18.5. The fourth-order valence-electron chi connectivity index (χ4n) is 9.96. The molecule has 264 valence electrons. The number of allylic oxidation sites excluding steroid dienone is 4. The summed E-state index contributed by atoms with van der Waals surface area (Å²) in [5.41, 5.74) is 3.11. The quantitative estimate of drug-likeness (QED) is 0.136. The second kappa shape index (κ2) is 11.6. The van der Waals surface area contributed by atoms with Crippen LogP contribution in [0.1, 0.15) is 37.8 Å². The van der Waals surface area contributed by atoms with Crippen LogP contribution >= 0.6 is 0 Å². The third-order valence-corrected chi connectivity index (χ3v) is 12.8. The summed E-state index contributed by atoms with van der Waals surface area (Å²) >= 11 is 0. The minimum absolute atomic E-state index is 0.0845. The van der Waals surface area contributed by atoms with E-state index < -0.39 is 0 Å². The molecule has 0 unspecified atom stereocenters. The highest BCUT2D eigenvalue weighted by Gasteiger charge is 2.60. The fourth-order valence-corrected chi connectivity index (χ4v) is 9.96. The van der Waals surface area contributed by atoms with Gasteiger partial charge in [-0.2, -0.15) is 0 Å². The van der Waals surface area contributed by atoms with Gasteiger partial charge in [-0.25, -0.2) is 0 Å². The van der Waals surface area contributed by atoms with Crippen molar-refractivity contribution < 1.29 is 28.7 Å². The van der Waals surface area contributed by atoms with Crippen molar-refractivity contribution in [2.75, 3.05) is 9.80 Å². The molecule has 8 atom stereocenters. The largest absolute Gasteiger partial charge is 0.457 e. The van der Waals surface area contributed by atoms with Crippen LogP contribution in [0.3, 0.4) is 0 Å². The van der Waals surface area contributed by atoms with Crippen molar-refractivity contribution in [3.05, 3.63) is 132 Å². The Balaban J connectivity index is 0.768. The van der Waals surface area contributed by atoms with Crippen molar-refractivity contribution >= 4 is 35.0 Å². The molecule has 6 aliphatic rings. The third kappa shape index (κ3) is 4.88. The summed E-state index contributed by atoms with van der Waals surface area (Å²) in [6, 6.07) is 30.3. The Kier molecular flexibility index (Phi) is 7.00. The minimum atomic E-state index is -0.301. The van der Waals surface area contributed by atoms with E-state index in [4.69, 9.17) is 9.47 Å². The van der Waals surface area contributed by atoms with Gasteiger partial charge in [0.2, 0.25) is 23.6 Å². The Hall–Kier alpha value is -5.76. The molecule has 0 radical (unpaired) electrons. The zero-order valence-electron chi connectivity index (χ0n) is 29.4. The predicted molar refractivity (Wildman–Crippen MR) is 198 cm³/mol. The standard InChI is InChI=1S/C45H38N2O6/c1-45(2,29-7-15-33(16-8-29)52-35-19-11-31(12-20-35)46-41(48)37-25-3-4-26(23-25)38(37)42(46)49)30-9-17-34(18-10-30)53-36-21-13-32(14-22-36)47-43(50)39-27-5-6-28(24-27)40(39)44(47)51/h3-22,25-28,37-40H,23-24H2,1-2H3/t25-,26-,27-,28-,37+,38+,39+,40+/m0/s1. The number of carbonyl (C=O) groups excluding carboxylic acids is 4. The van der Waals surface area contributed by atoms with E-state index in [1.807, 2.05) is 24.3 Å². The van der Waals surface area contributed by atoms with Gasteiger partial charge in [-0.3, -0.25) is 29.0 Å². The van der Waals surface area contributed by atoms with E-state index in [9.17, 15) is 19.2 Å². The second-order valence-corrected chi connectivity index (χ2v) is 15.9. The number of imide groups is 2. The number of carbonyl (C=O) groups is 4. The normalized spacial score (nSPS) is 29.1. The molecule has 8 nitrogen and oxygen atoms in total. The number of hydrogen-bond acceptors (Lipinski definition) is 6. The van der Waals surface area contributed by atoms with Crippen LogP contribution in [0.2, 0.25) is 0 Å². The zero-order valence-corrected chi connectivity index (χ0v) is 29.4. The summed E-state index contributed by atoms with van der Waals surface area (Å²) < 4.78 is 12.3.